The Balaban J connectivity index is 1.30. The van der Waals surface area contributed by atoms with Crippen molar-refractivity contribution in [3.05, 3.63) is 95.6 Å². The molecule has 184 valence electrons. The van der Waals surface area contributed by atoms with E-state index in [4.69, 9.17) is 9.47 Å². The third kappa shape index (κ3) is 5.46. The van der Waals surface area contributed by atoms with Gasteiger partial charge in [0.25, 0.3) is 5.91 Å². The van der Waals surface area contributed by atoms with E-state index in [1.807, 2.05) is 42.5 Å². The molecule has 0 bridgehead atoms. The highest BCUT2D eigenvalue weighted by atomic mass is 32.1. The highest BCUT2D eigenvalue weighted by Crippen LogP contribution is 2.27. The molecule has 0 aliphatic rings. The van der Waals surface area contributed by atoms with Crippen molar-refractivity contribution in [3.63, 3.8) is 0 Å². The minimum atomic E-state index is -0.644. The summed E-state index contributed by atoms with van der Waals surface area (Å²) in [5, 5.41) is 5.34. The molecule has 0 saturated carbocycles. The lowest BCUT2D eigenvalue weighted by molar-refractivity contribution is -0.119. The molecule has 9 heteroatoms. The molecule has 0 saturated heterocycles. The average Bonchev–Trinajstić information content (AvgIpc) is 3.39. The van der Waals surface area contributed by atoms with Crippen molar-refractivity contribution in [3.8, 4) is 28.3 Å². The number of carbonyl (C=O) groups is 2. The monoisotopic (exact) mass is 513 g/mol. The second-order valence-electron chi connectivity index (χ2n) is 7.97. The molecule has 0 unspecified atom stereocenters. The van der Waals surface area contributed by atoms with Crippen molar-refractivity contribution in [1.82, 2.24) is 9.97 Å². The summed E-state index contributed by atoms with van der Waals surface area (Å²) in [5.41, 5.74) is 3.65. The van der Waals surface area contributed by atoms with Crippen LogP contribution in [0.1, 0.15) is 10.4 Å². The van der Waals surface area contributed by atoms with E-state index in [1.165, 1.54) is 23.5 Å². The van der Waals surface area contributed by atoms with Gasteiger partial charge in [0.1, 0.15) is 11.6 Å². The standard InChI is InChI=1S/C28H20FN3O4S/c1-35-20-12-8-17(9-13-20)24-14-22(21-4-2-3-5-23(21)30-24)27(34)36-15-26(33)32-28-31-25(16-37-28)18-6-10-19(29)11-7-18/h2-14,16H,15H2,1H3,(H,31,32,33). The molecule has 5 rings (SSSR count). The van der Waals surface area contributed by atoms with Crippen LogP contribution in [0.3, 0.4) is 0 Å². The van der Waals surface area contributed by atoms with E-state index in [0.29, 0.717) is 38.7 Å². The van der Waals surface area contributed by atoms with Gasteiger partial charge in [-0.25, -0.2) is 19.2 Å². The third-order valence-corrected chi connectivity index (χ3v) is 6.30. The van der Waals surface area contributed by atoms with Gasteiger partial charge in [-0.2, -0.15) is 0 Å². The molecule has 0 aliphatic heterocycles. The summed E-state index contributed by atoms with van der Waals surface area (Å²) in [4.78, 5) is 34.5. The number of benzene rings is 3. The first-order valence-corrected chi connectivity index (χ1v) is 12.1. The number of rotatable bonds is 7. The maximum absolute atomic E-state index is 13.2. The lowest BCUT2D eigenvalue weighted by Gasteiger charge is -2.10. The van der Waals surface area contributed by atoms with Gasteiger partial charge in [-0.05, 0) is 60.7 Å². The van der Waals surface area contributed by atoms with Crippen molar-refractivity contribution in [1.29, 1.82) is 0 Å². The van der Waals surface area contributed by atoms with Gasteiger partial charge in [0, 0.05) is 21.9 Å². The highest BCUT2D eigenvalue weighted by Gasteiger charge is 2.17. The molecule has 37 heavy (non-hydrogen) atoms. The van der Waals surface area contributed by atoms with Crippen LogP contribution in [-0.2, 0) is 9.53 Å². The minimum Gasteiger partial charge on any atom is -0.497 e. The number of ether oxygens (including phenoxy) is 2. The summed E-state index contributed by atoms with van der Waals surface area (Å²) < 4.78 is 23.7. The Morgan fingerprint density at radius 1 is 0.919 bits per heavy atom. The fourth-order valence-electron chi connectivity index (χ4n) is 3.70. The van der Waals surface area contributed by atoms with Crippen LogP contribution in [0.4, 0.5) is 9.52 Å². The number of nitrogens with one attached hydrogen (secondary N) is 1. The predicted molar refractivity (Wildman–Crippen MR) is 140 cm³/mol. The molecule has 0 fully saturated rings. The molecule has 0 spiro atoms. The van der Waals surface area contributed by atoms with E-state index >= 15 is 0 Å². The molecule has 0 aliphatic carbocycles. The van der Waals surface area contributed by atoms with Gasteiger partial charge >= 0.3 is 5.97 Å². The largest absolute Gasteiger partial charge is 0.497 e. The van der Waals surface area contributed by atoms with Crippen LogP contribution in [0.25, 0.3) is 33.4 Å². The summed E-state index contributed by atoms with van der Waals surface area (Å²) in [6.07, 6.45) is 0. The Labute approximate surface area is 215 Å². The Kier molecular flexibility index (Phi) is 6.87. The number of nitrogens with zero attached hydrogens (tertiary/aromatic N) is 2. The number of fused-ring (bicyclic) bond motifs is 1. The molecule has 2 aromatic heterocycles. The predicted octanol–water partition coefficient (Wildman–Crippen LogP) is 5.97. The molecule has 3 aromatic carbocycles. The third-order valence-electron chi connectivity index (χ3n) is 5.55. The number of methoxy groups -OCH3 is 1. The molecule has 0 radical (unpaired) electrons. The van der Waals surface area contributed by atoms with Gasteiger partial charge in [0.05, 0.1) is 29.6 Å². The van der Waals surface area contributed by atoms with E-state index in [0.717, 1.165) is 11.1 Å². The van der Waals surface area contributed by atoms with Crippen LogP contribution in [0, 0.1) is 5.82 Å². The Hall–Kier alpha value is -4.63. The zero-order valence-electron chi connectivity index (χ0n) is 19.6. The number of hydrogen-bond donors (Lipinski definition) is 1. The van der Waals surface area contributed by atoms with Crippen LogP contribution in [-0.4, -0.2) is 35.6 Å². The van der Waals surface area contributed by atoms with E-state index in [2.05, 4.69) is 15.3 Å². The summed E-state index contributed by atoms with van der Waals surface area (Å²) in [6.45, 7) is -0.487. The van der Waals surface area contributed by atoms with Crippen molar-refractivity contribution >= 4 is 39.2 Å². The number of pyridine rings is 1. The molecule has 5 aromatic rings. The van der Waals surface area contributed by atoms with Crippen molar-refractivity contribution in [2.24, 2.45) is 0 Å². The van der Waals surface area contributed by atoms with Crippen LogP contribution in [0.15, 0.2) is 84.2 Å². The van der Waals surface area contributed by atoms with Crippen LogP contribution in [0.2, 0.25) is 0 Å². The molecular weight excluding hydrogens is 493 g/mol. The first kappa shape index (κ1) is 24.1. The molecule has 1 amide bonds. The summed E-state index contributed by atoms with van der Waals surface area (Å²) in [6, 6.07) is 22.1. The zero-order valence-corrected chi connectivity index (χ0v) is 20.4. The van der Waals surface area contributed by atoms with Gasteiger partial charge in [0.2, 0.25) is 0 Å². The average molecular weight is 514 g/mol. The first-order chi connectivity index (χ1) is 18.0. The molecule has 1 N–H and O–H groups in total. The van der Waals surface area contributed by atoms with E-state index in [1.54, 1.807) is 36.8 Å². The fourth-order valence-corrected chi connectivity index (χ4v) is 4.44. The van der Waals surface area contributed by atoms with Gasteiger partial charge < -0.3 is 9.47 Å². The highest BCUT2D eigenvalue weighted by molar-refractivity contribution is 7.14. The first-order valence-electron chi connectivity index (χ1n) is 11.2. The second-order valence-corrected chi connectivity index (χ2v) is 8.83. The number of anilines is 1. The van der Waals surface area contributed by atoms with Crippen LogP contribution < -0.4 is 10.1 Å². The number of aromatic nitrogens is 2. The molecule has 7 nitrogen and oxygen atoms in total. The second kappa shape index (κ2) is 10.5. The number of para-hydroxylation sites is 1. The number of esters is 1. The minimum absolute atomic E-state index is 0.303. The number of amides is 1. The van der Waals surface area contributed by atoms with E-state index in [9.17, 15) is 14.0 Å². The number of hydrogen-bond acceptors (Lipinski definition) is 7. The van der Waals surface area contributed by atoms with Crippen molar-refractivity contribution < 1.29 is 23.5 Å². The van der Waals surface area contributed by atoms with Crippen molar-refractivity contribution in [2.75, 3.05) is 19.0 Å². The van der Waals surface area contributed by atoms with E-state index < -0.39 is 18.5 Å². The smallest absolute Gasteiger partial charge is 0.339 e. The number of carbonyl (C=O) groups excluding carboxylic acids is 2. The Morgan fingerprint density at radius 2 is 1.62 bits per heavy atom. The van der Waals surface area contributed by atoms with Gasteiger partial charge in [-0.3, -0.25) is 10.1 Å². The lowest BCUT2D eigenvalue weighted by Crippen LogP contribution is -2.21. The SMILES string of the molecule is COc1ccc(-c2cc(C(=O)OCC(=O)Nc3nc(-c4ccc(F)cc4)cs3)c3ccccc3n2)cc1. The van der Waals surface area contributed by atoms with Gasteiger partial charge in [-0.15, -0.1) is 11.3 Å². The van der Waals surface area contributed by atoms with Gasteiger partial charge in [0.15, 0.2) is 11.7 Å². The Bertz CT molecular complexity index is 1580. The maximum atomic E-state index is 13.2. The van der Waals surface area contributed by atoms with Gasteiger partial charge in [-0.1, -0.05) is 18.2 Å². The normalized spacial score (nSPS) is 10.8. The fraction of sp³-hybridized carbons (Fsp3) is 0.0714. The quantitative estimate of drug-likeness (QED) is 0.270. The Morgan fingerprint density at radius 3 is 2.38 bits per heavy atom. The zero-order chi connectivity index (χ0) is 25.8. The molecule has 0 atom stereocenters. The lowest BCUT2D eigenvalue weighted by atomic mass is 10.0. The summed E-state index contributed by atoms with van der Waals surface area (Å²) in [5.74, 6) is -0.802. The molecule has 2 heterocycles. The van der Waals surface area contributed by atoms with Crippen LogP contribution >= 0.6 is 11.3 Å². The molecular formula is C28H20FN3O4S. The number of halogens is 1. The summed E-state index contributed by atoms with van der Waals surface area (Å²) in [7, 11) is 1.59. The van der Waals surface area contributed by atoms with E-state index in [-0.39, 0.29) is 5.82 Å². The van der Waals surface area contributed by atoms with Crippen LogP contribution in [0.5, 0.6) is 5.75 Å². The number of thiazole rings is 1. The van der Waals surface area contributed by atoms with Crippen molar-refractivity contribution in [2.45, 2.75) is 0 Å². The maximum Gasteiger partial charge on any atom is 0.339 e. The topological polar surface area (TPSA) is 90.4 Å². The summed E-state index contributed by atoms with van der Waals surface area (Å²) >= 11 is 1.22.